The zero-order valence-corrected chi connectivity index (χ0v) is 11.2. The second kappa shape index (κ2) is 5.04. The number of halogens is 1. The van der Waals surface area contributed by atoms with E-state index in [0.717, 1.165) is 5.56 Å². The van der Waals surface area contributed by atoms with Gasteiger partial charge in [-0.25, -0.2) is 4.39 Å². The quantitative estimate of drug-likeness (QED) is 0.621. The zero-order valence-electron chi connectivity index (χ0n) is 9.55. The van der Waals surface area contributed by atoms with Crippen molar-refractivity contribution in [3.8, 4) is 0 Å². The smallest absolute Gasteiger partial charge is 0.123 e. The Labute approximate surface area is 113 Å². The van der Waals surface area contributed by atoms with Crippen LogP contribution in [-0.4, -0.2) is 0 Å². The van der Waals surface area contributed by atoms with Crippen LogP contribution < -0.4 is 0 Å². The minimum Gasteiger partial charge on any atom is -0.207 e. The predicted octanol–water partition coefficient (Wildman–Crippen LogP) is 5.13. The normalized spacial score (nSPS) is 11.0. The Morgan fingerprint density at radius 3 is 1.78 bits per heavy atom. The summed E-state index contributed by atoms with van der Waals surface area (Å²) < 4.78 is 13.0. The summed E-state index contributed by atoms with van der Waals surface area (Å²) in [5.74, 6) is 0.0421. The molecule has 0 aliphatic carbocycles. The van der Waals surface area contributed by atoms with Gasteiger partial charge in [0.2, 0.25) is 0 Å². The van der Waals surface area contributed by atoms with Crippen molar-refractivity contribution < 1.29 is 4.39 Å². The van der Waals surface area contributed by atoms with Gasteiger partial charge in [0.15, 0.2) is 0 Å². The third-order valence-electron chi connectivity index (χ3n) is 2.86. The maximum atomic E-state index is 13.0. The lowest BCUT2D eigenvalue weighted by Gasteiger charge is -2.14. The molecule has 0 saturated heterocycles. The monoisotopic (exact) mass is 274 g/mol. The van der Waals surface area contributed by atoms with Crippen molar-refractivity contribution in [2.45, 2.75) is 5.92 Å². The highest BCUT2D eigenvalue weighted by molar-refractivity contribution is 7.11. The van der Waals surface area contributed by atoms with E-state index in [1.54, 1.807) is 22.7 Å². The Bertz CT molecular complexity index is 560. The highest BCUT2D eigenvalue weighted by Crippen LogP contribution is 2.36. The van der Waals surface area contributed by atoms with Crippen LogP contribution in [0.4, 0.5) is 4.39 Å². The molecule has 1 aromatic carbocycles. The maximum absolute atomic E-state index is 13.0. The molecule has 2 heterocycles. The Kier molecular flexibility index (Phi) is 3.26. The number of rotatable bonds is 3. The van der Waals surface area contributed by atoms with Crippen molar-refractivity contribution in [2.24, 2.45) is 0 Å². The fourth-order valence-electron chi connectivity index (χ4n) is 2.04. The van der Waals surface area contributed by atoms with Crippen LogP contribution in [0.25, 0.3) is 0 Å². The molecule has 0 spiro atoms. The van der Waals surface area contributed by atoms with Crippen LogP contribution >= 0.6 is 22.7 Å². The van der Waals surface area contributed by atoms with Crippen molar-refractivity contribution >= 4 is 22.7 Å². The zero-order chi connectivity index (χ0) is 12.4. The first kappa shape index (κ1) is 11.6. The third kappa shape index (κ3) is 2.24. The molecule has 0 amide bonds. The topological polar surface area (TPSA) is 0 Å². The molecular formula is C15H11FS2. The van der Waals surface area contributed by atoms with Crippen molar-refractivity contribution in [3.05, 3.63) is 80.4 Å². The van der Waals surface area contributed by atoms with E-state index in [1.807, 2.05) is 12.1 Å². The fourth-order valence-corrected chi connectivity index (χ4v) is 3.85. The summed E-state index contributed by atoms with van der Waals surface area (Å²) in [6.45, 7) is 0. The van der Waals surface area contributed by atoms with Gasteiger partial charge in [-0.15, -0.1) is 22.7 Å². The summed E-state index contributed by atoms with van der Waals surface area (Å²) in [4.78, 5) is 2.59. The molecule has 0 N–H and O–H groups in total. The van der Waals surface area contributed by atoms with Crippen LogP contribution in [0.1, 0.15) is 21.2 Å². The Balaban J connectivity index is 2.08. The van der Waals surface area contributed by atoms with E-state index < -0.39 is 0 Å². The molecule has 0 unspecified atom stereocenters. The molecule has 90 valence electrons. The molecule has 0 bridgehead atoms. The van der Waals surface area contributed by atoms with Crippen LogP contribution in [-0.2, 0) is 0 Å². The van der Waals surface area contributed by atoms with Crippen molar-refractivity contribution in [1.82, 2.24) is 0 Å². The van der Waals surface area contributed by atoms with E-state index in [4.69, 9.17) is 0 Å². The van der Waals surface area contributed by atoms with Gasteiger partial charge in [0.05, 0.1) is 5.92 Å². The molecular weight excluding hydrogens is 263 g/mol. The summed E-state index contributed by atoms with van der Waals surface area (Å²) in [5, 5.41) is 4.17. The van der Waals surface area contributed by atoms with Crippen molar-refractivity contribution in [1.29, 1.82) is 0 Å². The van der Waals surface area contributed by atoms with E-state index in [0.29, 0.717) is 0 Å². The average molecular weight is 274 g/mol. The van der Waals surface area contributed by atoms with Gasteiger partial charge >= 0.3 is 0 Å². The maximum Gasteiger partial charge on any atom is 0.123 e. The van der Waals surface area contributed by atoms with Gasteiger partial charge in [0.1, 0.15) is 5.82 Å². The van der Waals surface area contributed by atoms with Gasteiger partial charge in [-0.05, 0) is 40.6 Å². The van der Waals surface area contributed by atoms with Crippen LogP contribution in [0.2, 0.25) is 0 Å². The standard InChI is InChI=1S/C15H11FS2/c16-12-7-5-11(6-8-12)15(13-3-1-9-17-13)14-4-2-10-18-14/h1-10,15H. The number of hydrogen-bond acceptors (Lipinski definition) is 2. The molecule has 3 rings (SSSR count). The molecule has 3 heteroatoms. The lowest BCUT2D eigenvalue weighted by Crippen LogP contribution is -1.98. The molecule has 0 nitrogen and oxygen atoms in total. The molecule has 0 aliphatic rings. The summed E-state index contributed by atoms with van der Waals surface area (Å²) in [7, 11) is 0. The highest BCUT2D eigenvalue weighted by Gasteiger charge is 2.18. The van der Waals surface area contributed by atoms with Gasteiger partial charge < -0.3 is 0 Å². The molecule has 0 atom stereocenters. The van der Waals surface area contributed by atoms with Gasteiger partial charge in [0.25, 0.3) is 0 Å². The SMILES string of the molecule is Fc1ccc(C(c2cccs2)c2cccs2)cc1. The van der Waals surface area contributed by atoms with Crippen molar-refractivity contribution in [2.75, 3.05) is 0 Å². The number of benzene rings is 1. The first-order valence-electron chi connectivity index (χ1n) is 5.67. The molecule has 0 aliphatic heterocycles. The van der Waals surface area contributed by atoms with Gasteiger partial charge in [0, 0.05) is 9.75 Å². The van der Waals surface area contributed by atoms with Crippen LogP contribution in [0.5, 0.6) is 0 Å². The molecule has 3 aromatic rings. The van der Waals surface area contributed by atoms with E-state index in [9.17, 15) is 4.39 Å². The van der Waals surface area contributed by atoms with Gasteiger partial charge in [-0.1, -0.05) is 24.3 Å². The minimum atomic E-state index is -0.185. The highest BCUT2D eigenvalue weighted by atomic mass is 32.1. The van der Waals surface area contributed by atoms with E-state index in [-0.39, 0.29) is 11.7 Å². The first-order valence-corrected chi connectivity index (χ1v) is 7.43. The van der Waals surface area contributed by atoms with Crippen LogP contribution in [0, 0.1) is 5.82 Å². The average Bonchev–Trinajstić information content (AvgIpc) is 3.06. The summed E-state index contributed by atoms with van der Waals surface area (Å²) in [6.07, 6.45) is 0. The van der Waals surface area contributed by atoms with E-state index >= 15 is 0 Å². The largest absolute Gasteiger partial charge is 0.207 e. The Morgan fingerprint density at radius 1 is 0.778 bits per heavy atom. The second-order valence-electron chi connectivity index (χ2n) is 4.02. The van der Waals surface area contributed by atoms with Crippen molar-refractivity contribution in [3.63, 3.8) is 0 Å². The predicted molar refractivity (Wildman–Crippen MR) is 76.0 cm³/mol. The Morgan fingerprint density at radius 2 is 1.33 bits per heavy atom. The second-order valence-corrected chi connectivity index (χ2v) is 5.97. The number of hydrogen-bond donors (Lipinski definition) is 0. The molecule has 0 fully saturated rings. The third-order valence-corrected chi connectivity index (χ3v) is 4.73. The Hall–Kier alpha value is -1.45. The molecule has 0 radical (unpaired) electrons. The molecule has 2 aromatic heterocycles. The van der Waals surface area contributed by atoms with Crippen LogP contribution in [0.3, 0.4) is 0 Å². The summed E-state index contributed by atoms with van der Waals surface area (Å²) in [5.41, 5.74) is 1.14. The fraction of sp³-hybridized carbons (Fsp3) is 0.0667. The lowest BCUT2D eigenvalue weighted by atomic mass is 9.96. The van der Waals surface area contributed by atoms with E-state index in [2.05, 4.69) is 35.0 Å². The minimum absolute atomic E-state index is 0.185. The van der Waals surface area contributed by atoms with E-state index in [1.165, 1.54) is 21.9 Å². The van der Waals surface area contributed by atoms with Crippen LogP contribution in [0.15, 0.2) is 59.3 Å². The van der Waals surface area contributed by atoms with Gasteiger partial charge in [-0.2, -0.15) is 0 Å². The molecule has 18 heavy (non-hydrogen) atoms. The molecule has 0 saturated carbocycles. The summed E-state index contributed by atoms with van der Waals surface area (Å²) >= 11 is 3.48. The lowest BCUT2D eigenvalue weighted by molar-refractivity contribution is 0.627. The first-order chi connectivity index (χ1) is 8.84. The summed E-state index contributed by atoms with van der Waals surface area (Å²) in [6, 6.07) is 15.2. The van der Waals surface area contributed by atoms with Gasteiger partial charge in [-0.3, -0.25) is 0 Å². The number of thiophene rings is 2.